The zero-order valence-electron chi connectivity index (χ0n) is 24.2. The van der Waals surface area contributed by atoms with E-state index in [1.807, 2.05) is 83.7 Å². The summed E-state index contributed by atoms with van der Waals surface area (Å²) in [7, 11) is 0. The van der Waals surface area contributed by atoms with E-state index in [0.717, 1.165) is 36.1 Å². The Labute approximate surface area is 251 Å². The van der Waals surface area contributed by atoms with E-state index in [1.54, 1.807) is 23.5 Å². The van der Waals surface area contributed by atoms with Crippen LogP contribution >= 0.6 is 11.3 Å². The van der Waals surface area contributed by atoms with Gasteiger partial charge >= 0.3 is 0 Å². The first-order valence-corrected chi connectivity index (χ1v) is 15.5. The van der Waals surface area contributed by atoms with E-state index in [9.17, 15) is 14.7 Å². The molecule has 8 nitrogen and oxygen atoms in total. The smallest absolute Gasteiger partial charge is 0.254 e. The lowest BCUT2D eigenvalue weighted by Gasteiger charge is -2.26. The first-order chi connectivity index (χ1) is 20.4. The van der Waals surface area contributed by atoms with Crippen molar-refractivity contribution in [3.63, 3.8) is 0 Å². The summed E-state index contributed by atoms with van der Waals surface area (Å²) < 4.78 is 1.86. The molecule has 3 atom stereocenters. The van der Waals surface area contributed by atoms with Gasteiger partial charge in [-0.1, -0.05) is 36.4 Å². The normalized spacial score (nSPS) is 16.4. The van der Waals surface area contributed by atoms with Gasteiger partial charge in [0.1, 0.15) is 0 Å². The second-order valence-corrected chi connectivity index (χ2v) is 11.9. The topological polar surface area (TPSA) is 99.5 Å². The molecule has 3 unspecified atom stereocenters. The van der Waals surface area contributed by atoms with Crippen molar-refractivity contribution in [1.29, 1.82) is 0 Å². The minimum atomic E-state index is -0.836. The van der Waals surface area contributed by atoms with Crippen LogP contribution in [0.15, 0.2) is 78.4 Å². The Hall–Kier alpha value is -3.79. The highest BCUT2D eigenvalue weighted by atomic mass is 32.1. The van der Waals surface area contributed by atoms with Crippen LogP contribution in [0.1, 0.15) is 68.1 Å². The van der Waals surface area contributed by atoms with Gasteiger partial charge in [0.25, 0.3) is 11.8 Å². The molecular weight excluding hydrogens is 546 g/mol. The first kappa shape index (κ1) is 29.7. The quantitative estimate of drug-likeness (QED) is 0.223. The molecule has 1 fully saturated rings. The summed E-state index contributed by atoms with van der Waals surface area (Å²) in [6, 6.07) is 18.8. The van der Waals surface area contributed by atoms with Gasteiger partial charge in [0.05, 0.1) is 24.4 Å². The Balaban J connectivity index is 1.29. The second kappa shape index (κ2) is 13.9. The fourth-order valence-electron chi connectivity index (χ4n) is 5.57. The molecule has 1 saturated heterocycles. The van der Waals surface area contributed by atoms with Gasteiger partial charge in [-0.3, -0.25) is 14.3 Å². The lowest BCUT2D eigenvalue weighted by Crippen LogP contribution is -2.48. The molecule has 0 bridgehead atoms. The minimum absolute atomic E-state index is 0.0554. The van der Waals surface area contributed by atoms with Crippen molar-refractivity contribution in [2.24, 2.45) is 0 Å². The van der Waals surface area contributed by atoms with Crippen molar-refractivity contribution in [3.8, 4) is 0 Å². The van der Waals surface area contributed by atoms with Crippen molar-refractivity contribution >= 4 is 23.2 Å². The minimum Gasteiger partial charge on any atom is -0.390 e. The zero-order chi connectivity index (χ0) is 29.5. The van der Waals surface area contributed by atoms with Crippen LogP contribution in [0.25, 0.3) is 0 Å². The molecule has 0 aliphatic carbocycles. The number of likely N-dealkylation sites (tertiary alicyclic amines) is 1. The molecule has 1 aliphatic rings. The van der Waals surface area contributed by atoms with Gasteiger partial charge in [0.2, 0.25) is 0 Å². The summed E-state index contributed by atoms with van der Waals surface area (Å²) >= 11 is 1.67. The average molecular weight is 586 g/mol. The molecule has 3 N–H and O–H groups in total. The maximum atomic E-state index is 13.7. The largest absolute Gasteiger partial charge is 0.390 e. The first-order valence-electron chi connectivity index (χ1n) is 14.6. The number of carbonyl (C=O) groups is 2. The van der Waals surface area contributed by atoms with Crippen LogP contribution in [0, 0.1) is 6.92 Å². The van der Waals surface area contributed by atoms with Gasteiger partial charge in [-0.15, -0.1) is 11.3 Å². The van der Waals surface area contributed by atoms with E-state index in [2.05, 4.69) is 21.8 Å². The Morgan fingerprint density at radius 1 is 1.10 bits per heavy atom. The van der Waals surface area contributed by atoms with Gasteiger partial charge in [0.15, 0.2) is 0 Å². The number of aryl methyl sites for hydroxylation is 2. The monoisotopic (exact) mass is 585 g/mol. The molecule has 5 rings (SSSR count). The summed E-state index contributed by atoms with van der Waals surface area (Å²) in [4.78, 5) is 30.4. The molecule has 2 amide bonds. The molecule has 1 aliphatic heterocycles. The molecule has 0 saturated carbocycles. The summed E-state index contributed by atoms with van der Waals surface area (Å²) in [5.41, 5.74) is 3.81. The van der Waals surface area contributed by atoms with E-state index < -0.39 is 12.1 Å². The lowest BCUT2D eigenvalue weighted by molar-refractivity contribution is 0.0737. The predicted octanol–water partition coefficient (Wildman–Crippen LogP) is 4.74. The third-order valence-electron chi connectivity index (χ3n) is 7.74. The average Bonchev–Trinajstić information content (AvgIpc) is 3.78. The number of carbonyl (C=O) groups excluding carboxylic acids is 2. The number of hydrogen-bond donors (Lipinski definition) is 3. The molecule has 3 heterocycles. The van der Waals surface area contributed by atoms with E-state index in [0.29, 0.717) is 37.2 Å². The number of rotatable bonds is 12. The molecule has 0 spiro atoms. The Bertz CT molecular complexity index is 1470. The Morgan fingerprint density at radius 2 is 1.90 bits per heavy atom. The number of thiophene rings is 1. The number of benzene rings is 2. The van der Waals surface area contributed by atoms with Crippen molar-refractivity contribution in [2.45, 2.75) is 64.4 Å². The maximum absolute atomic E-state index is 13.7. The molecule has 4 aromatic rings. The third-order valence-corrected chi connectivity index (χ3v) is 8.72. The second-order valence-electron chi connectivity index (χ2n) is 10.9. The molecular formula is C33H39N5O3S. The number of aliphatic hydroxyl groups is 1. The fraction of sp³-hybridized carbons (Fsp3) is 0.364. The van der Waals surface area contributed by atoms with Crippen molar-refractivity contribution < 1.29 is 14.7 Å². The highest BCUT2D eigenvalue weighted by molar-refractivity contribution is 7.10. The van der Waals surface area contributed by atoms with Crippen LogP contribution in [0.3, 0.4) is 0 Å². The molecule has 220 valence electrons. The number of hydrogen-bond acceptors (Lipinski definition) is 6. The summed E-state index contributed by atoms with van der Waals surface area (Å²) in [6.07, 6.45) is 5.33. The van der Waals surface area contributed by atoms with Crippen molar-refractivity contribution in [3.05, 3.63) is 111 Å². The van der Waals surface area contributed by atoms with Crippen LogP contribution in [-0.4, -0.2) is 56.8 Å². The number of aliphatic hydroxyl groups excluding tert-OH is 1. The van der Waals surface area contributed by atoms with Crippen LogP contribution in [0.2, 0.25) is 0 Å². The Kier molecular flexibility index (Phi) is 9.84. The standard InChI is InChI=1S/C33H39N5O3S/c1-3-37-22-25(20-35-37)19-34-21-30(39)28(17-24-9-5-4-6-10-24)36-32(40)26-15-23(2)16-27(18-26)33(41)38-13-7-11-29(38)31-12-8-14-42-31/h4-6,8-10,12,14-16,18,20,22,28-30,34,39H,3,7,11,13,17,19,21H2,1-2H3,(H,36,40). The number of amides is 2. The van der Waals surface area contributed by atoms with E-state index in [-0.39, 0.29) is 17.9 Å². The predicted molar refractivity (Wildman–Crippen MR) is 166 cm³/mol. The third kappa shape index (κ3) is 7.34. The van der Waals surface area contributed by atoms with Crippen LogP contribution in [0.4, 0.5) is 0 Å². The summed E-state index contributed by atoms with van der Waals surface area (Å²) in [5.74, 6) is -0.367. The van der Waals surface area contributed by atoms with E-state index in [1.165, 1.54) is 4.88 Å². The van der Waals surface area contributed by atoms with Crippen LogP contribution < -0.4 is 10.6 Å². The van der Waals surface area contributed by atoms with E-state index >= 15 is 0 Å². The molecule has 2 aromatic carbocycles. The SMILES string of the molecule is CCn1cc(CNCC(O)C(Cc2ccccc2)NC(=O)c2cc(C)cc(C(=O)N3CCCC3c3cccs3)c2)cn1. The van der Waals surface area contributed by atoms with Crippen molar-refractivity contribution in [1.82, 2.24) is 25.3 Å². The molecule has 9 heteroatoms. The van der Waals surface area contributed by atoms with Gasteiger partial charge in [-0.25, -0.2) is 0 Å². The molecule has 42 heavy (non-hydrogen) atoms. The molecule has 0 radical (unpaired) electrons. The number of nitrogens with zero attached hydrogens (tertiary/aromatic N) is 3. The van der Waals surface area contributed by atoms with E-state index in [4.69, 9.17) is 0 Å². The van der Waals surface area contributed by atoms with Crippen LogP contribution in [0.5, 0.6) is 0 Å². The maximum Gasteiger partial charge on any atom is 0.254 e. The highest BCUT2D eigenvalue weighted by Crippen LogP contribution is 2.35. The van der Waals surface area contributed by atoms with Gasteiger partial charge < -0.3 is 20.6 Å². The highest BCUT2D eigenvalue weighted by Gasteiger charge is 2.32. The fourth-order valence-corrected chi connectivity index (χ4v) is 6.44. The van der Waals surface area contributed by atoms with Crippen molar-refractivity contribution in [2.75, 3.05) is 13.1 Å². The van der Waals surface area contributed by atoms with Gasteiger partial charge in [-0.2, -0.15) is 5.10 Å². The number of aromatic nitrogens is 2. The number of nitrogens with one attached hydrogen (secondary N) is 2. The van der Waals surface area contributed by atoms with Gasteiger partial charge in [-0.05, 0) is 73.9 Å². The molecule has 2 aromatic heterocycles. The lowest BCUT2D eigenvalue weighted by atomic mass is 9.99. The summed E-state index contributed by atoms with van der Waals surface area (Å²) in [5, 5.41) is 23.9. The summed E-state index contributed by atoms with van der Waals surface area (Å²) in [6.45, 7) is 6.30. The van der Waals surface area contributed by atoms with Gasteiger partial charge in [0, 0.05) is 53.9 Å². The van der Waals surface area contributed by atoms with Crippen LogP contribution in [-0.2, 0) is 19.5 Å². The zero-order valence-corrected chi connectivity index (χ0v) is 25.0. The Morgan fingerprint density at radius 3 is 2.64 bits per heavy atom.